The Morgan fingerprint density at radius 1 is 1.12 bits per heavy atom. The molecule has 0 unspecified atom stereocenters. The van der Waals surface area contributed by atoms with E-state index in [0.29, 0.717) is 5.13 Å². The minimum absolute atomic E-state index is 0.0531. The molecule has 0 radical (unpaired) electrons. The Kier molecular flexibility index (Phi) is 5.25. The first-order valence-corrected chi connectivity index (χ1v) is 11.4. The third-order valence-corrected chi connectivity index (χ3v) is 6.85. The first kappa shape index (κ1) is 20.8. The Hall–Kier alpha value is -3.13. The summed E-state index contributed by atoms with van der Waals surface area (Å²) in [6, 6.07) is 9.09. The summed E-state index contributed by atoms with van der Waals surface area (Å²) in [6.45, 7) is 0.763. The van der Waals surface area contributed by atoms with Crippen LogP contribution in [-0.4, -0.2) is 30.4 Å². The van der Waals surface area contributed by atoms with Gasteiger partial charge in [0.15, 0.2) is 16.8 Å². The van der Waals surface area contributed by atoms with Crippen molar-refractivity contribution in [3.8, 4) is 11.3 Å². The van der Waals surface area contributed by atoms with Crippen molar-refractivity contribution in [2.75, 3.05) is 23.4 Å². The normalized spacial score (nSPS) is 15.4. The summed E-state index contributed by atoms with van der Waals surface area (Å²) >= 11 is 1.30. The molecule has 1 fully saturated rings. The molecule has 0 N–H and O–H groups in total. The van der Waals surface area contributed by atoms with Crippen molar-refractivity contribution in [2.45, 2.75) is 25.7 Å². The van der Waals surface area contributed by atoms with Crippen molar-refractivity contribution in [1.29, 1.82) is 0 Å². The molecule has 1 aromatic heterocycles. The molecule has 2 amide bonds. The predicted octanol–water partition coefficient (Wildman–Crippen LogP) is 5.05. The quantitative estimate of drug-likeness (QED) is 0.555. The average Bonchev–Trinajstić information content (AvgIpc) is 3.55. The van der Waals surface area contributed by atoms with Gasteiger partial charge in [0.1, 0.15) is 0 Å². The number of carbonyl (C=O) groups is 2. The van der Waals surface area contributed by atoms with Crippen LogP contribution in [0.2, 0.25) is 0 Å². The average molecular weight is 454 g/mol. The van der Waals surface area contributed by atoms with E-state index in [9.17, 15) is 18.4 Å². The number of fused-ring (bicyclic) bond motifs is 1. The number of rotatable bonds is 4. The number of halogens is 2. The van der Waals surface area contributed by atoms with Crippen LogP contribution < -0.4 is 9.80 Å². The molecule has 8 heteroatoms. The fourth-order valence-electron chi connectivity index (χ4n) is 4.00. The predicted molar refractivity (Wildman–Crippen MR) is 120 cm³/mol. The molecule has 5 rings (SSSR count). The van der Waals surface area contributed by atoms with E-state index >= 15 is 0 Å². The Morgan fingerprint density at radius 3 is 2.69 bits per heavy atom. The zero-order valence-electron chi connectivity index (χ0n) is 17.5. The van der Waals surface area contributed by atoms with Crippen LogP contribution in [0.4, 0.5) is 19.6 Å². The van der Waals surface area contributed by atoms with E-state index in [1.54, 1.807) is 7.05 Å². The van der Waals surface area contributed by atoms with E-state index in [4.69, 9.17) is 0 Å². The maximum atomic E-state index is 13.5. The van der Waals surface area contributed by atoms with Gasteiger partial charge in [-0.1, -0.05) is 6.07 Å². The Morgan fingerprint density at radius 2 is 1.94 bits per heavy atom. The van der Waals surface area contributed by atoms with Gasteiger partial charge in [0, 0.05) is 41.7 Å². The molecule has 3 aromatic rings. The number of thiazole rings is 1. The van der Waals surface area contributed by atoms with Gasteiger partial charge in [-0.2, -0.15) is 0 Å². The molecule has 1 saturated carbocycles. The van der Waals surface area contributed by atoms with Gasteiger partial charge in [0.2, 0.25) is 5.91 Å². The third kappa shape index (κ3) is 3.79. The SMILES string of the molecule is CN(C(=O)c1ccc(F)c(F)c1)c1nc(-c2ccc3c(c2)CCCN3C(=O)C2CC2)cs1. The minimum Gasteiger partial charge on any atom is -0.312 e. The molecule has 164 valence electrons. The fourth-order valence-corrected chi connectivity index (χ4v) is 4.79. The monoisotopic (exact) mass is 453 g/mol. The maximum absolute atomic E-state index is 13.5. The van der Waals surface area contributed by atoms with Gasteiger partial charge in [-0.15, -0.1) is 11.3 Å². The lowest BCUT2D eigenvalue weighted by molar-refractivity contribution is -0.119. The Bertz CT molecular complexity index is 1220. The van der Waals surface area contributed by atoms with Crippen molar-refractivity contribution in [2.24, 2.45) is 5.92 Å². The van der Waals surface area contributed by atoms with Crippen LogP contribution in [0.5, 0.6) is 0 Å². The van der Waals surface area contributed by atoms with E-state index in [2.05, 4.69) is 11.1 Å². The summed E-state index contributed by atoms with van der Waals surface area (Å²) in [6.07, 6.45) is 3.81. The van der Waals surface area contributed by atoms with E-state index in [-0.39, 0.29) is 17.4 Å². The summed E-state index contributed by atoms with van der Waals surface area (Å²) < 4.78 is 26.7. The highest BCUT2D eigenvalue weighted by atomic mass is 32.1. The second-order valence-corrected chi connectivity index (χ2v) is 9.06. The van der Waals surface area contributed by atoms with Crippen molar-refractivity contribution < 1.29 is 18.4 Å². The number of aromatic nitrogens is 1. The van der Waals surface area contributed by atoms with Crippen LogP contribution in [0.1, 0.15) is 35.2 Å². The molecule has 32 heavy (non-hydrogen) atoms. The number of aryl methyl sites for hydroxylation is 1. The highest BCUT2D eigenvalue weighted by molar-refractivity contribution is 7.14. The zero-order valence-corrected chi connectivity index (χ0v) is 18.3. The molecule has 0 atom stereocenters. The largest absolute Gasteiger partial charge is 0.312 e. The van der Waals surface area contributed by atoms with Gasteiger partial charge in [0.25, 0.3) is 5.91 Å². The molecule has 0 bridgehead atoms. The molecular weight excluding hydrogens is 432 g/mol. The summed E-state index contributed by atoms with van der Waals surface area (Å²) in [4.78, 5) is 33.1. The molecule has 0 saturated heterocycles. The van der Waals surface area contributed by atoms with E-state index < -0.39 is 17.5 Å². The van der Waals surface area contributed by atoms with E-state index in [0.717, 1.165) is 66.9 Å². The number of carbonyl (C=O) groups excluding carboxylic acids is 2. The number of hydrogen-bond donors (Lipinski definition) is 0. The van der Waals surface area contributed by atoms with Gasteiger partial charge in [-0.05, 0) is 61.6 Å². The molecule has 2 heterocycles. The topological polar surface area (TPSA) is 53.5 Å². The number of amides is 2. The van der Waals surface area contributed by atoms with Gasteiger partial charge in [-0.3, -0.25) is 14.5 Å². The van der Waals surface area contributed by atoms with Crippen molar-refractivity contribution in [1.82, 2.24) is 4.98 Å². The molecule has 1 aliphatic carbocycles. The molecule has 2 aromatic carbocycles. The lowest BCUT2D eigenvalue weighted by Crippen LogP contribution is -2.36. The highest BCUT2D eigenvalue weighted by Crippen LogP contribution is 2.38. The highest BCUT2D eigenvalue weighted by Gasteiger charge is 2.35. The van der Waals surface area contributed by atoms with Crippen molar-refractivity contribution >= 4 is 34.0 Å². The van der Waals surface area contributed by atoms with Gasteiger partial charge in [0.05, 0.1) is 5.69 Å². The smallest absolute Gasteiger partial charge is 0.259 e. The summed E-state index contributed by atoms with van der Waals surface area (Å²) in [5.41, 5.74) is 3.81. The van der Waals surface area contributed by atoms with Crippen molar-refractivity contribution in [3.05, 3.63) is 64.5 Å². The summed E-state index contributed by atoms with van der Waals surface area (Å²) in [5, 5.41) is 2.32. The van der Waals surface area contributed by atoms with Crippen LogP contribution in [0.15, 0.2) is 41.8 Å². The van der Waals surface area contributed by atoms with E-state index in [1.807, 2.05) is 22.4 Å². The first-order chi connectivity index (χ1) is 15.4. The number of anilines is 2. The fraction of sp³-hybridized carbons (Fsp3) is 0.292. The zero-order chi connectivity index (χ0) is 22.4. The third-order valence-electron chi connectivity index (χ3n) is 5.94. The maximum Gasteiger partial charge on any atom is 0.259 e. The molecule has 1 aliphatic heterocycles. The molecule has 0 spiro atoms. The molecule has 2 aliphatic rings. The first-order valence-electron chi connectivity index (χ1n) is 10.6. The Balaban J connectivity index is 1.38. The Labute approximate surface area is 188 Å². The number of nitrogens with zero attached hydrogens (tertiary/aromatic N) is 3. The number of hydrogen-bond acceptors (Lipinski definition) is 4. The van der Waals surface area contributed by atoms with Gasteiger partial charge < -0.3 is 4.90 Å². The second-order valence-electron chi connectivity index (χ2n) is 8.22. The van der Waals surface area contributed by atoms with Crippen LogP contribution in [0, 0.1) is 17.6 Å². The van der Waals surface area contributed by atoms with Crippen LogP contribution in [0.25, 0.3) is 11.3 Å². The second kappa shape index (κ2) is 8.09. The van der Waals surface area contributed by atoms with Crippen LogP contribution in [0.3, 0.4) is 0 Å². The molecule has 5 nitrogen and oxygen atoms in total. The standard InChI is InChI=1S/C24H21F2N3O2S/c1-28(22(30)17-6-8-18(25)19(26)12-17)24-27-20(13-32-24)15-7-9-21-16(11-15)3-2-10-29(21)23(31)14-4-5-14/h6-9,11-14H,2-5,10H2,1H3. The minimum atomic E-state index is -1.06. The molecular formula is C24H21F2N3O2S. The van der Waals surface area contributed by atoms with Crippen LogP contribution >= 0.6 is 11.3 Å². The van der Waals surface area contributed by atoms with Gasteiger partial charge in [-0.25, -0.2) is 13.8 Å². The number of benzene rings is 2. The summed E-state index contributed by atoms with van der Waals surface area (Å²) in [5.74, 6) is -2.11. The van der Waals surface area contributed by atoms with Gasteiger partial charge >= 0.3 is 0 Å². The van der Waals surface area contributed by atoms with Crippen molar-refractivity contribution in [3.63, 3.8) is 0 Å². The summed E-state index contributed by atoms with van der Waals surface area (Å²) in [7, 11) is 1.56. The lowest BCUT2D eigenvalue weighted by Gasteiger charge is -2.30. The van der Waals surface area contributed by atoms with Crippen LogP contribution in [-0.2, 0) is 11.2 Å². The van der Waals surface area contributed by atoms with E-state index in [1.165, 1.54) is 22.3 Å². The lowest BCUT2D eigenvalue weighted by atomic mass is 9.98.